The Morgan fingerprint density at radius 1 is 1.15 bits per heavy atom. The molecule has 0 aliphatic carbocycles. The fourth-order valence-electron chi connectivity index (χ4n) is 6.18. The van der Waals surface area contributed by atoms with Gasteiger partial charge in [-0.3, -0.25) is 10.1 Å². The number of anilines is 3. The number of nitrogens with zero attached hydrogens (tertiary/aromatic N) is 8. The highest BCUT2D eigenvalue weighted by molar-refractivity contribution is 5.87. The second-order valence-corrected chi connectivity index (χ2v) is 10.8. The molecule has 2 saturated heterocycles. The molecule has 1 spiro atoms. The molecule has 0 amide bonds. The van der Waals surface area contributed by atoms with Crippen molar-refractivity contribution in [2.45, 2.75) is 51.3 Å². The number of pyridine rings is 1. The van der Waals surface area contributed by atoms with Gasteiger partial charge in [-0.25, -0.2) is 14.6 Å². The average molecular weight is 537 g/mol. The number of alkyl halides is 2. The van der Waals surface area contributed by atoms with Crippen molar-refractivity contribution in [2.75, 3.05) is 36.0 Å². The molecule has 7 heterocycles. The van der Waals surface area contributed by atoms with Crippen molar-refractivity contribution >= 4 is 28.5 Å². The Morgan fingerprint density at radius 3 is 2.74 bits per heavy atom. The van der Waals surface area contributed by atoms with Crippen LogP contribution in [0, 0.1) is 5.41 Å². The second-order valence-electron chi connectivity index (χ2n) is 10.8. The fourth-order valence-corrected chi connectivity index (χ4v) is 6.18. The first-order valence-corrected chi connectivity index (χ1v) is 13.4. The van der Waals surface area contributed by atoms with Gasteiger partial charge in [-0.1, -0.05) is 0 Å². The standard InChI is InChI=1S/C26H30F2N10O/c1-15-22(29)26(14-39-15)6-9-36(10-7-26)20-12-30-21-23(33-20)34-35-24(21)37-8-2-3-18-19(37)5-4-17(32-18)16-11-31-38(13-16)25(27)28/h4-5,11-13,15,22,25H,2-3,6-10,14,29H2,1H3,(H,33,34,35)/t15-,22+/m0/s1. The molecule has 7 rings (SSSR count). The monoisotopic (exact) mass is 536 g/mol. The van der Waals surface area contributed by atoms with Crippen LogP contribution < -0.4 is 15.5 Å². The van der Waals surface area contributed by atoms with Gasteiger partial charge in [-0.2, -0.15) is 19.0 Å². The highest BCUT2D eigenvalue weighted by Crippen LogP contribution is 2.42. The normalized spacial score (nSPS) is 22.8. The number of fused-ring (bicyclic) bond motifs is 2. The molecule has 3 aliphatic heterocycles. The van der Waals surface area contributed by atoms with E-state index in [2.05, 4.69) is 32.0 Å². The van der Waals surface area contributed by atoms with Crippen LogP contribution in [0.25, 0.3) is 22.4 Å². The summed E-state index contributed by atoms with van der Waals surface area (Å²) in [6, 6.07) is 3.85. The van der Waals surface area contributed by atoms with E-state index in [1.165, 1.54) is 12.4 Å². The van der Waals surface area contributed by atoms with Gasteiger partial charge in [-0.05, 0) is 44.7 Å². The smallest absolute Gasteiger partial charge is 0.333 e. The van der Waals surface area contributed by atoms with E-state index in [1.54, 1.807) is 0 Å². The lowest BCUT2D eigenvalue weighted by Crippen LogP contribution is -2.50. The Bertz CT molecular complexity index is 1510. The van der Waals surface area contributed by atoms with Crippen LogP contribution in [0.4, 0.5) is 26.1 Å². The third kappa shape index (κ3) is 4.02. The van der Waals surface area contributed by atoms with E-state index in [4.69, 9.17) is 25.4 Å². The minimum atomic E-state index is -2.68. The lowest BCUT2D eigenvalue weighted by atomic mass is 9.73. The van der Waals surface area contributed by atoms with E-state index in [-0.39, 0.29) is 17.6 Å². The number of hydrogen-bond acceptors (Lipinski definition) is 9. The van der Waals surface area contributed by atoms with Gasteiger partial charge < -0.3 is 20.3 Å². The van der Waals surface area contributed by atoms with Crippen LogP contribution in [0.5, 0.6) is 0 Å². The number of aromatic nitrogens is 7. The Balaban J connectivity index is 1.12. The molecule has 0 radical (unpaired) electrons. The molecule has 2 atom stereocenters. The number of rotatable bonds is 4. The Labute approximate surface area is 223 Å². The fraction of sp³-hybridized carbons (Fsp3) is 0.500. The molecule has 13 heteroatoms. The van der Waals surface area contributed by atoms with Crippen LogP contribution in [0.3, 0.4) is 0 Å². The Kier molecular flexibility index (Phi) is 5.74. The second kappa shape index (κ2) is 9.19. The van der Waals surface area contributed by atoms with Gasteiger partial charge in [0.15, 0.2) is 17.0 Å². The summed E-state index contributed by atoms with van der Waals surface area (Å²) in [5.41, 5.74) is 10.8. The molecule has 0 bridgehead atoms. The van der Waals surface area contributed by atoms with Crippen molar-refractivity contribution in [3.63, 3.8) is 0 Å². The highest BCUT2D eigenvalue weighted by Gasteiger charge is 2.47. The molecule has 0 saturated carbocycles. The molecule has 3 N–H and O–H groups in total. The third-order valence-corrected chi connectivity index (χ3v) is 8.56. The molecular formula is C26H30F2N10O. The van der Waals surface area contributed by atoms with E-state index >= 15 is 0 Å². The first-order valence-electron chi connectivity index (χ1n) is 13.4. The molecular weight excluding hydrogens is 506 g/mol. The number of aryl methyl sites for hydroxylation is 1. The van der Waals surface area contributed by atoms with E-state index < -0.39 is 6.55 Å². The summed E-state index contributed by atoms with van der Waals surface area (Å²) < 4.78 is 32.4. The highest BCUT2D eigenvalue weighted by atomic mass is 19.3. The van der Waals surface area contributed by atoms with Crippen LogP contribution in [0.2, 0.25) is 0 Å². The lowest BCUT2D eigenvalue weighted by molar-refractivity contribution is 0.0566. The number of halogens is 2. The largest absolute Gasteiger partial charge is 0.376 e. The zero-order valence-electron chi connectivity index (χ0n) is 21.6. The molecule has 3 aliphatic rings. The van der Waals surface area contributed by atoms with Crippen molar-refractivity contribution in [2.24, 2.45) is 11.1 Å². The van der Waals surface area contributed by atoms with E-state index in [1.807, 2.05) is 18.3 Å². The van der Waals surface area contributed by atoms with Crippen molar-refractivity contribution in [3.8, 4) is 11.3 Å². The van der Waals surface area contributed by atoms with E-state index in [0.29, 0.717) is 32.9 Å². The summed E-state index contributed by atoms with van der Waals surface area (Å²) in [5.74, 6) is 1.52. The average Bonchev–Trinajstić information content (AvgIpc) is 3.68. The molecule has 11 nitrogen and oxygen atoms in total. The molecule has 39 heavy (non-hydrogen) atoms. The van der Waals surface area contributed by atoms with Crippen molar-refractivity contribution in [3.05, 3.63) is 36.4 Å². The maximum atomic E-state index is 13.0. The molecule has 0 aromatic carbocycles. The van der Waals surface area contributed by atoms with E-state index in [0.717, 1.165) is 69.1 Å². The number of nitrogens with one attached hydrogen (secondary N) is 1. The van der Waals surface area contributed by atoms with Gasteiger partial charge >= 0.3 is 6.55 Å². The maximum Gasteiger partial charge on any atom is 0.333 e. The van der Waals surface area contributed by atoms with Crippen LogP contribution in [-0.2, 0) is 11.2 Å². The predicted molar refractivity (Wildman–Crippen MR) is 141 cm³/mol. The van der Waals surface area contributed by atoms with Gasteiger partial charge in [0.25, 0.3) is 0 Å². The van der Waals surface area contributed by atoms with Crippen molar-refractivity contribution in [1.29, 1.82) is 0 Å². The van der Waals surface area contributed by atoms with Gasteiger partial charge in [0.05, 0.1) is 42.2 Å². The summed E-state index contributed by atoms with van der Waals surface area (Å²) in [5, 5.41) is 11.4. The summed E-state index contributed by atoms with van der Waals surface area (Å²) >= 11 is 0. The Hall–Kier alpha value is -3.71. The van der Waals surface area contributed by atoms with E-state index in [9.17, 15) is 8.78 Å². The number of piperidine rings is 1. The van der Waals surface area contributed by atoms with Crippen molar-refractivity contribution in [1.82, 2.24) is 34.9 Å². The molecule has 204 valence electrons. The lowest BCUT2D eigenvalue weighted by Gasteiger charge is -2.41. The first kappa shape index (κ1) is 24.3. The molecule has 4 aromatic heterocycles. The number of aromatic amines is 1. The zero-order valence-corrected chi connectivity index (χ0v) is 21.6. The minimum absolute atomic E-state index is 0.0492. The van der Waals surface area contributed by atoms with Gasteiger partial charge in [0.2, 0.25) is 0 Å². The summed E-state index contributed by atoms with van der Waals surface area (Å²) in [6.07, 6.45) is 8.23. The number of H-pyrrole nitrogens is 1. The summed E-state index contributed by atoms with van der Waals surface area (Å²) in [6.45, 7) is 2.57. The van der Waals surface area contributed by atoms with Gasteiger partial charge in [0.1, 0.15) is 5.82 Å². The van der Waals surface area contributed by atoms with Gasteiger partial charge in [-0.15, -0.1) is 0 Å². The zero-order chi connectivity index (χ0) is 26.7. The summed E-state index contributed by atoms with van der Waals surface area (Å²) in [7, 11) is 0. The molecule has 2 fully saturated rings. The van der Waals surface area contributed by atoms with Crippen LogP contribution in [0.1, 0.15) is 38.4 Å². The quantitative estimate of drug-likeness (QED) is 0.403. The Morgan fingerprint density at radius 2 is 2.00 bits per heavy atom. The number of hydrogen-bond donors (Lipinski definition) is 2. The number of ether oxygens (including phenoxy) is 1. The minimum Gasteiger partial charge on any atom is -0.376 e. The SMILES string of the molecule is C[C@@H]1OCC2(CCN(c3cnc4c(N5CCCc6nc(-c7cnn(C(F)F)c7)ccc65)n[nH]c4n3)CC2)[C@@H]1N. The number of nitrogens with two attached hydrogens (primary N) is 1. The topological polar surface area (TPSA) is 127 Å². The molecule has 0 unspecified atom stereocenters. The first-order chi connectivity index (χ1) is 18.9. The van der Waals surface area contributed by atoms with Gasteiger partial charge in [0, 0.05) is 42.9 Å². The molecule has 4 aromatic rings. The van der Waals surface area contributed by atoms with Crippen LogP contribution in [0.15, 0.2) is 30.7 Å². The maximum absolute atomic E-state index is 13.0. The summed E-state index contributed by atoms with van der Waals surface area (Å²) in [4.78, 5) is 18.8. The van der Waals surface area contributed by atoms with Crippen LogP contribution in [-0.4, -0.2) is 73.3 Å². The van der Waals surface area contributed by atoms with Crippen LogP contribution >= 0.6 is 0 Å². The predicted octanol–water partition coefficient (Wildman–Crippen LogP) is 3.42. The third-order valence-electron chi connectivity index (χ3n) is 8.56. The van der Waals surface area contributed by atoms with Crippen molar-refractivity contribution < 1.29 is 13.5 Å².